The fourth-order valence-corrected chi connectivity index (χ4v) is 3.06. The summed E-state index contributed by atoms with van der Waals surface area (Å²) in [6.07, 6.45) is 1.88. The average molecular weight is 387 g/mol. The number of carbonyl (C=O) groups is 1. The number of halogens is 1. The first-order valence-electron chi connectivity index (χ1n) is 8.78. The van der Waals surface area contributed by atoms with Crippen molar-refractivity contribution in [3.8, 4) is 11.4 Å². The lowest BCUT2D eigenvalue weighted by Crippen LogP contribution is -2.33. The smallest absolute Gasteiger partial charge is 0.346 e. The van der Waals surface area contributed by atoms with Gasteiger partial charge in [-0.1, -0.05) is 11.6 Å². The van der Waals surface area contributed by atoms with Crippen LogP contribution in [0.3, 0.4) is 0 Å². The molecule has 0 bridgehead atoms. The lowest BCUT2D eigenvalue weighted by Gasteiger charge is -2.03. The highest BCUT2D eigenvalue weighted by molar-refractivity contribution is 6.30. The zero-order valence-electron chi connectivity index (χ0n) is 14.8. The van der Waals surface area contributed by atoms with Gasteiger partial charge in [-0.15, -0.1) is 5.10 Å². The summed E-state index contributed by atoms with van der Waals surface area (Å²) in [6.45, 7) is 1.97. The number of rotatable bonds is 6. The summed E-state index contributed by atoms with van der Waals surface area (Å²) in [5, 5.41) is 7.78. The third-order valence-corrected chi connectivity index (χ3v) is 4.69. The van der Waals surface area contributed by atoms with Gasteiger partial charge in [-0.2, -0.15) is 0 Å². The van der Waals surface area contributed by atoms with Crippen LogP contribution in [0.15, 0.2) is 45.6 Å². The molecule has 0 spiro atoms. The zero-order chi connectivity index (χ0) is 19.0. The van der Waals surface area contributed by atoms with Gasteiger partial charge in [0, 0.05) is 16.6 Å². The maximum absolute atomic E-state index is 12.8. The molecule has 1 aliphatic rings. The van der Waals surface area contributed by atoms with E-state index in [1.807, 2.05) is 31.2 Å². The summed E-state index contributed by atoms with van der Waals surface area (Å²) in [4.78, 5) is 25.0. The largest absolute Gasteiger partial charge is 0.465 e. The molecule has 8 heteroatoms. The number of amides is 1. The van der Waals surface area contributed by atoms with Crippen molar-refractivity contribution >= 4 is 17.5 Å². The summed E-state index contributed by atoms with van der Waals surface area (Å²) in [5.74, 6) is 1.72. The Balaban J connectivity index is 1.54. The molecule has 7 nitrogen and oxygen atoms in total. The molecule has 27 heavy (non-hydrogen) atoms. The standard InChI is InChI=1S/C19H19ClN4O3/c1-12-2-9-16(27-12)10-21-17(25)11-23-19(26)24(15-7-8-15)18(22-23)13-3-5-14(20)6-4-13/h2-6,9,15H,7-8,10-11H2,1H3,(H,21,25). The number of aromatic nitrogens is 3. The molecule has 3 aromatic rings. The van der Waals surface area contributed by atoms with Gasteiger partial charge in [0.1, 0.15) is 18.1 Å². The Hall–Kier alpha value is -2.80. The van der Waals surface area contributed by atoms with Gasteiger partial charge in [0.05, 0.1) is 6.54 Å². The molecule has 1 aliphatic carbocycles. The summed E-state index contributed by atoms with van der Waals surface area (Å²) >= 11 is 5.95. The van der Waals surface area contributed by atoms with Crippen molar-refractivity contribution in [1.82, 2.24) is 19.7 Å². The molecular weight excluding hydrogens is 368 g/mol. The summed E-state index contributed by atoms with van der Waals surface area (Å²) in [5.41, 5.74) is 0.528. The molecule has 0 radical (unpaired) electrons. The summed E-state index contributed by atoms with van der Waals surface area (Å²) < 4.78 is 8.31. The van der Waals surface area contributed by atoms with Crippen LogP contribution < -0.4 is 11.0 Å². The summed E-state index contributed by atoms with van der Waals surface area (Å²) in [7, 11) is 0. The molecule has 4 rings (SSSR count). The van der Waals surface area contributed by atoms with Gasteiger partial charge in [0.25, 0.3) is 0 Å². The van der Waals surface area contributed by atoms with Crippen molar-refractivity contribution in [2.24, 2.45) is 0 Å². The molecule has 1 N–H and O–H groups in total. The van der Waals surface area contributed by atoms with E-state index in [1.54, 1.807) is 16.7 Å². The van der Waals surface area contributed by atoms with Gasteiger partial charge in [0.2, 0.25) is 5.91 Å². The minimum absolute atomic E-state index is 0.140. The van der Waals surface area contributed by atoms with E-state index in [9.17, 15) is 9.59 Å². The predicted octanol–water partition coefficient (Wildman–Crippen LogP) is 2.92. The number of furan rings is 1. The molecule has 1 aromatic carbocycles. The second-order valence-electron chi connectivity index (χ2n) is 6.66. The fraction of sp³-hybridized carbons (Fsp3) is 0.316. The van der Waals surface area contributed by atoms with E-state index in [4.69, 9.17) is 16.0 Å². The van der Waals surface area contributed by atoms with Crippen molar-refractivity contribution in [3.05, 3.63) is 63.4 Å². The number of carbonyl (C=O) groups excluding carboxylic acids is 1. The van der Waals surface area contributed by atoms with Gasteiger partial charge in [-0.05, 0) is 56.2 Å². The quantitative estimate of drug-likeness (QED) is 0.706. The minimum Gasteiger partial charge on any atom is -0.465 e. The number of nitrogens with one attached hydrogen (secondary N) is 1. The number of nitrogens with zero attached hydrogens (tertiary/aromatic N) is 3. The molecular formula is C19H19ClN4O3. The molecule has 1 amide bonds. The van der Waals surface area contributed by atoms with E-state index in [1.165, 1.54) is 4.68 Å². The predicted molar refractivity (Wildman–Crippen MR) is 100 cm³/mol. The molecule has 1 fully saturated rings. The average Bonchev–Trinajstić information content (AvgIpc) is 3.32. The van der Waals surface area contributed by atoms with Crippen LogP contribution in [0.25, 0.3) is 11.4 Å². The number of aryl methyl sites for hydroxylation is 1. The number of hydrogen-bond donors (Lipinski definition) is 1. The van der Waals surface area contributed by atoms with E-state index in [-0.39, 0.29) is 30.7 Å². The van der Waals surface area contributed by atoms with Gasteiger partial charge in [-0.3, -0.25) is 9.36 Å². The van der Waals surface area contributed by atoms with Crippen LogP contribution in [0.5, 0.6) is 0 Å². The second kappa shape index (κ2) is 7.08. The van der Waals surface area contributed by atoms with Crippen LogP contribution in [-0.4, -0.2) is 20.3 Å². The van der Waals surface area contributed by atoms with E-state index >= 15 is 0 Å². The van der Waals surface area contributed by atoms with Crippen molar-refractivity contribution in [2.75, 3.05) is 0 Å². The molecule has 0 unspecified atom stereocenters. The Bertz CT molecular complexity index is 1030. The maximum atomic E-state index is 12.8. The van der Waals surface area contributed by atoms with Crippen LogP contribution in [0.4, 0.5) is 0 Å². The molecule has 0 aliphatic heterocycles. The molecule has 0 atom stereocenters. The highest BCUT2D eigenvalue weighted by Crippen LogP contribution is 2.36. The first-order valence-corrected chi connectivity index (χ1v) is 9.16. The fourth-order valence-electron chi connectivity index (χ4n) is 2.94. The van der Waals surface area contributed by atoms with Crippen molar-refractivity contribution < 1.29 is 9.21 Å². The van der Waals surface area contributed by atoms with Crippen LogP contribution in [-0.2, 0) is 17.9 Å². The van der Waals surface area contributed by atoms with Crippen LogP contribution in [0.2, 0.25) is 5.02 Å². The molecule has 2 aromatic heterocycles. The Morgan fingerprint density at radius 2 is 2.00 bits per heavy atom. The maximum Gasteiger partial charge on any atom is 0.346 e. The summed E-state index contributed by atoms with van der Waals surface area (Å²) in [6, 6.07) is 11.0. The lowest BCUT2D eigenvalue weighted by atomic mass is 10.2. The first kappa shape index (κ1) is 17.6. The molecule has 140 valence electrons. The van der Waals surface area contributed by atoms with Gasteiger partial charge >= 0.3 is 5.69 Å². The Labute approximate surface area is 160 Å². The Morgan fingerprint density at radius 1 is 1.26 bits per heavy atom. The first-order chi connectivity index (χ1) is 13.0. The monoisotopic (exact) mass is 386 g/mol. The topological polar surface area (TPSA) is 82.1 Å². The van der Waals surface area contributed by atoms with E-state index in [0.717, 1.165) is 24.2 Å². The zero-order valence-corrected chi connectivity index (χ0v) is 15.6. The van der Waals surface area contributed by atoms with Gasteiger partial charge in [-0.25, -0.2) is 9.48 Å². The van der Waals surface area contributed by atoms with E-state index < -0.39 is 0 Å². The molecule has 1 saturated carbocycles. The minimum atomic E-state index is -0.297. The van der Waals surface area contributed by atoms with Crippen LogP contribution in [0, 0.1) is 6.92 Å². The second-order valence-corrected chi connectivity index (χ2v) is 7.10. The highest BCUT2D eigenvalue weighted by atomic mass is 35.5. The van der Waals surface area contributed by atoms with Crippen molar-refractivity contribution in [2.45, 2.75) is 38.9 Å². The third kappa shape index (κ3) is 3.83. The Kier molecular flexibility index (Phi) is 4.61. The normalized spacial score (nSPS) is 13.7. The SMILES string of the molecule is Cc1ccc(CNC(=O)Cn2nc(-c3ccc(Cl)cc3)n(C3CC3)c2=O)o1. The van der Waals surface area contributed by atoms with Crippen LogP contribution in [0.1, 0.15) is 30.4 Å². The number of benzene rings is 1. The van der Waals surface area contributed by atoms with E-state index in [2.05, 4.69) is 10.4 Å². The Morgan fingerprint density at radius 3 is 2.63 bits per heavy atom. The van der Waals surface area contributed by atoms with Gasteiger partial charge in [0.15, 0.2) is 5.82 Å². The van der Waals surface area contributed by atoms with Gasteiger partial charge < -0.3 is 9.73 Å². The highest BCUT2D eigenvalue weighted by Gasteiger charge is 2.30. The lowest BCUT2D eigenvalue weighted by molar-refractivity contribution is -0.122. The van der Waals surface area contributed by atoms with Crippen LogP contribution >= 0.6 is 11.6 Å². The number of hydrogen-bond acceptors (Lipinski definition) is 4. The van der Waals surface area contributed by atoms with Crippen molar-refractivity contribution in [1.29, 1.82) is 0 Å². The third-order valence-electron chi connectivity index (χ3n) is 4.43. The molecule has 0 saturated heterocycles. The molecule has 2 heterocycles. The van der Waals surface area contributed by atoms with Crippen molar-refractivity contribution in [3.63, 3.8) is 0 Å². The van der Waals surface area contributed by atoms with E-state index in [0.29, 0.717) is 16.6 Å².